The summed E-state index contributed by atoms with van der Waals surface area (Å²) in [5.74, 6) is 1.80. The third-order valence-corrected chi connectivity index (χ3v) is 9.98. The molecule has 4 heterocycles. The fourth-order valence-corrected chi connectivity index (χ4v) is 7.56. The van der Waals surface area contributed by atoms with Crippen molar-refractivity contribution >= 4 is 65.6 Å². The summed E-state index contributed by atoms with van der Waals surface area (Å²) in [4.78, 5) is 19.9. The second-order valence-electron chi connectivity index (χ2n) is 13.0. The van der Waals surface area contributed by atoms with Gasteiger partial charge in [-0.05, 0) is 69.1 Å². The largest absolute Gasteiger partial charge is 0.456 e. The smallest absolute Gasteiger partial charge is 0.227 e. The van der Waals surface area contributed by atoms with Crippen molar-refractivity contribution in [1.29, 1.82) is 0 Å². The Hall–Kier alpha value is -7.18. The number of hydrogen-bond donors (Lipinski definition) is 0. The first kappa shape index (κ1) is 28.6. The molecular formula is C46H26N4O2. The Morgan fingerprint density at radius 2 is 1.08 bits per heavy atom. The monoisotopic (exact) mass is 666 g/mol. The van der Waals surface area contributed by atoms with Crippen molar-refractivity contribution in [2.24, 2.45) is 0 Å². The van der Waals surface area contributed by atoms with Crippen LogP contribution in [0.15, 0.2) is 167 Å². The lowest BCUT2D eigenvalue weighted by atomic mass is 9.96. The number of para-hydroxylation sites is 1. The predicted molar refractivity (Wildman–Crippen MR) is 209 cm³/mol. The molecule has 0 aliphatic carbocycles. The Balaban J connectivity index is 1.10. The third-order valence-electron chi connectivity index (χ3n) is 9.98. The number of furan rings is 2. The van der Waals surface area contributed by atoms with E-state index in [9.17, 15) is 0 Å². The molecule has 0 saturated carbocycles. The molecule has 0 aliphatic rings. The van der Waals surface area contributed by atoms with Crippen LogP contribution in [0.4, 0.5) is 0 Å². The van der Waals surface area contributed by atoms with Gasteiger partial charge >= 0.3 is 0 Å². The summed E-state index contributed by atoms with van der Waals surface area (Å²) in [5, 5.41) is 8.50. The van der Waals surface area contributed by atoms with Crippen LogP contribution in [0.1, 0.15) is 0 Å². The van der Waals surface area contributed by atoms with Crippen molar-refractivity contribution in [3.63, 3.8) is 0 Å². The zero-order chi connectivity index (χ0) is 34.2. The van der Waals surface area contributed by atoms with Crippen LogP contribution in [0.5, 0.6) is 0 Å². The van der Waals surface area contributed by atoms with Gasteiger partial charge in [0.15, 0.2) is 17.5 Å². The number of fused-ring (bicyclic) bond motifs is 8. The normalized spacial score (nSPS) is 11.8. The summed E-state index contributed by atoms with van der Waals surface area (Å²) in [6, 6.07) is 51.8. The van der Waals surface area contributed by atoms with E-state index in [1.807, 2.05) is 72.9 Å². The van der Waals surface area contributed by atoms with Crippen LogP contribution in [-0.4, -0.2) is 19.9 Å². The van der Waals surface area contributed by atoms with E-state index >= 15 is 0 Å². The van der Waals surface area contributed by atoms with Crippen LogP contribution >= 0.6 is 0 Å². The zero-order valence-corrected chi connectivity index (χ0v) is 27.6. The van der Waals surface area contributed by atoms with E-state index in [2.05, 4.69) is 89.9 Å². The van der Waals surface area contributed by atoms with E-state index in [-0.39, 0.29) is 0 Å². The summed E-state index contributed by atoms with van der Waals surface area (Å²) in [6.45, 7) is 0. The maximum atomic E-state index is 6.29. The quantitative estimate of drug-likeness (QED) is 0.186. The molecule has 6 heteroatoms. The zero-order valence-electron chi connectivity index (χ0n) is 27.6. The third kappa shape index (κ3) is 4.44. The average molecular weight is 667 g/mol. The van der Waals surface area contributed by atoms with E-state index < -0.39 is 0 Å². The lowest BCUT2D eigenvalue weighted by Gasteiger charge is -2.12. The van der Waals surface area contributed by atoms with E-state index in [0.29, 0.717) is 23.2 Å². The average Bonchev–Trinajstić information content (AvgIpc) is 3.77. The van der Waals surface area contributed by atoms with E-state index in [0.717, 1.165) is 82.3 Å². The highest BCUT2D eigenvalue weighted by Gasteiger charge is 2.20. The van der Waals surface area contributed by atoms with Crippen LogP contribution in [0.3, 0.4) is 0 Å². The SMILES string of the molecule is c1ccc(-c2nc(-c3cccc4cc(-c5ccnc6oc7cc8ccccc8cc7c56)ccc34)nc(-c3cccc4oc5ccccc5c34)n2)cc1. The Bertz CT molecular complexity index is 3200. The molecule has 11 rings (SSSR count). The summed E-state index contributed by atoms with van der Waals surface area (Å²) in [7, 11) is 0. The van der Waals surface area contributed by atoms with Crippen LogP contribution < -0.4 is 0 Å². The molecule has 11 aromatic rings. The lowest BCUT2D eigenvalue weighted by Crippen LogP contribution is -2.00. The summed E-state index contributed by atoms with van der Waals surface area (Å²) < 4.78 is 12.5. The molecular weight excluding hydrogens is 641 g/mol. The van der Waals surface area contributed by atoms with Crippen LogP contribution in [0.25, 0.3) is 111 Å². The van der Waals surface area contributed by atoms with Gasteiger partial charge in [-0.2, -0.15) is 0 Å². The number of rotatable bonds is 4. The first-order valence-corrected chi connectivity index (χ1v) is 17.2. The molecule has 52 heavy (non-hydrogen) atoms. The number of nitrogens with zero attached hydrogens (tertiary/aromatic N) is 4. The van der Waals surface area contributed by atoms with Crippen molar-refractivity contribution in [2.45, 2.75) is 0 Å². The van der Waals surface area contributed by atoms with E-state index in [1.165, 1.54) is 5.39 Å². The van der Waals surface area contributed by atoms with Gasteiger partial charge in [-0.25, -0.2) is 19.9 Å². The minimum atomic E-state index is 0.591. The van der Waals surface area contributed by atoms with Gasteiger partial charge in [-0.15, -0.1) is 0 Å². The van der Waals surface area contributed by atoms with Crippen molar-refractivity contribution in [3.8, 4) is 45.3 Å². The molecule has 0 N–H and O–H groups in total. The predicted octanol–water partition coefficient (Wildman–Crippen LogP) is 12.0. The van der Waals surface area contributed by atoms with E-state index in [1.54, 1.807) is 0 Å². The standard InChI is InChI=1S/C46H26N4O2/c1-2-10-27(11-3-1)43-48-44(50-45(49-43)36-17-9-19-39-41(36)35-15-6-7-18-38(35)51-39)34-16-8-14-30-24-31(20-21-32(30)34)33-22-23-47-46-42(33)37-25-28-12-4-5-13-29(28)26-40(37)52-46/h1-26H. The van der Waals surface area contributed by atoms with Crippen LogP contribution in [0, 0.1) is 0 Å². The first-order valence-electron chi connectivity index (χ1n) is 17.2. The van der Waals surface area contributed by atoms with Crippen molar-refractivity contribution < 1.29 is 8.83 Å². The number of hydrogen-bond acceptors (Lipinski definition) is 6. The maximum Gasteiger partial charge on any atom is 0.227 e. The van der Waals surface area contributed by atoms with Gasteiger partial charge in [0.05, 0.1) is 5.39 Å². The summed E-state index contributed by atoms with van der Waals surface area (Å²) >= 11 is 0. The van der Waals surface area contributed by atoms with Crippen molar-refractivity contribution in [2.75, 3.05) is 0 Å². The number of benzene rings is 7. The van der Waals surface area contributed by atoms with Gasteiger partial charge in [0.1, 0.15) is 16.7 Å². The molecule has 6 nitrogen and oxygen atoms in total. The van der Waals surface area contributed by atoms with Gasteiger partial charge in [0, 0.05) is 39.0 Å². The fourth-order valence-electron chi connectivity index (χ4n) is 7.56. The highest BCUT2D eigenvalue weighted by atomic mass is 16.3. The van der Waals surface area contributed by atoms with Crippen LogP contribution in [-0.2, 0) is 0 Å². The van der Waals surface area contributed by atoms with Crippen LogP contribution in [0.2, 0.25) is 0 Å². The maximum absolute atomic E-state index is 6.29. The van der Waals surface area contributed by atoms with Gasteiger partial charge in [0.2, 0.25) is 5.71 Å². The molecule has 0 atom stereocenters. The molecule has 0 radical (unpaired) electrons. The molecule has 7 aromatic carbocycles. The molecule has 0 aliphatic heterocycles. The summed E-state index contributed by atoms with van der Waals surface area (Å²) in [6.07, 6.45) is 1.82. The van der Waals surface area contributed by atoms with Gasteiger partial charge in [-0.3, -0.25) is 0 Å². The fraction of sp³-hybridized carbons (Fsp3) is 0. The highest BCUT2D eigenvalue weighted by Crippen LogP contribution is 2.40. The van der Waals surface area contributed by atoms with E-state index in [4.69, 9.17) is 23.8 Å². The molecule has 0 fully saturated rings. The second kappa shape index (κ2) is 11.2. The Labute approximate surface area is 296 Å². The molecule has 0 spiro atoms. The number of pyridine rings is 1. The first-order chi connectivity index (χ1) is 25.7. The van der Waals surface area contributed by atoms with Crippen molar-refractivity contribution in [1.82, 2.24) is 19.9 Å². The molecule has 0 amide bonds. The minimum absolute atomic E-state index is 0.591. The minimum Gasteiger partial charge on any atom is -0.456 e. The molecule has 0 unspecified atom stereocenters. The molecule has 0 saturated heterocycles. The number of aromatic nitrogens is 4. The topological polar surface area (TPSA) is 77.8 Å². The molecule has 4 aromatic heterocycles. The molecule has 242 valence electrons. The van der Waals surface area contributed by atoms with Gasteiger partial charge < -0.3 is 8.83 Å². The molecule has 0 bridgehead atoms. The second-order valence-corrected chi connectivity index (χ2v) is 13.0. The van der Waals surface area contributed by atoms with Gasteiger partial charge in [-0.1, -0.05) is 115 Å². The summed E-state index contributed by atoms with van der Waals surface area (Å²) in [5.41, 5.74) is 7.97. The Kier molecular flexibility index (Phi) is 6.15. The highest BCUT2D eigenvalue weighted by molar-refractivity contribution is 6.15. The Morgan fingerprint density at radius 1 is 0.365 bits per heavy atom. The van der Waals surface area contributed by atoms with Gasteiger partial charge in [0.25, 0.3) is 0 Å². The van der Waals surface area contributed by atoms with Crippen molar-refractivity contribution in [3.05, 3.63) is 158 Å². The lowest BCUT2D eigenvalue weighted by molar-refractivity contribution is 0.654. The Morgan fingerprint density at radius 3 is 1.98 bits per heavy atom.